The van der Waals surface area contributed by atoms with Gasteiger partial charge >= 0.3 is 0 Å². The van der Waals surface area contributed by atoms with E-state index >= 15 is 0 Å². The van der Waals surface area contributed by atoms with Crippen LogP contribution in [0.15, 0.2) is 53.5 Å². The second kappa shape index (κ2) is 4.13. The summed E-state index contributed by atoms with van der Waals surface area (Å²) in [5.74, 6) is 0. The third-order valence-electron chi connectivity index (χ3n) is 2.23. The molecule has 0 saturated heterocycles. The Labute approximate surface area is 91.6 Å². The number of pyridine rings is 1. The van der Waals surface area contributed by atoms with Gasteiger partial charge in [-0.15, -0.1) is 0 Å². The van der Waals surface area contributed by atoms with E-state index in [0.717, 1.165) is 5.69 Å². The predicted octanol–water partition coefficient (Wildman–Crippen LogP) is 2.40. The molecule has 0 fully saturated rings. The van der Waals surface area contributed by atoms with Gasteiger partial charge in [0.15, 0.2) is 0 Å². The summed E-state index contributed by atoms with van der Waals surface area (Å²) in [7, 11) is 0. The van der Waals surface area contributed by atoms with Gasteiger partial charge in [0.05, 0.1) is 0 Å². The van der Waals surface area contributed by atoms with Crippen LogP contribution in [0.3, 0.4) is 0 Å². The van der Waals surface area contributed by atoms with Crippen LogP contribution >= 0.6 is 0 Å². The van der Waals surface area contributed by atoms with Crippen molar-refractivity contribution in [3.63, 3.8) is 0 Å². The van der Waals surface area contributed by atoms with Gasteiger partial charge in [-0.3, -0.25) is 9.36 Å². The Hall–Kier alpha value is -1.83. The summed E-state index contributed by atoms with van der Waals surface area (Å²) >= 11 is 0. The number of hydrogen-bond donors (Lipinski definition) is 0. The first-order chi connectivity index (χ1) is 7.98. The van der Waals surface area contributed by atoms with Crippen LogP contribution in [-0.2, 0) is 6.37 Å². The van der Waals surface area contributed by atoms with E-state index in [1.165, 1.54) is 23.6 Å². The quantitative estimate of drug-likeness (QED) is 0.731. The number of nitrogens with zero attached hydrogens (tertiary/aromatic N) is 1. The Morgan fingerprint density at radius 1 is 1.20 bits per heavy atom. The lowest BCUT2D eigenvalue weighted by molar-refractivity contribution is 0.953. The molecule has 15 heavy (non-hydrogen) atoms. The Morgan fingerprint density at radius 3 is 2.60 bits per heavy atom. The van der Waals surface area contributed by atoms with Crippen LogP contribution in [0.1, 0.15) is 15.2 Å². The first kappa shape index (κ1) is 7.46. The Balaban J connectivity index is 2.59. The highest BCUT2D eigenvalue weighted by Crippen LogP contribution is 2.05. The first-order valence-corrected chi connectivity index (χ1v) is 4.77. The van der Waals surface area contributed by atoms with Crippen LogP contribution in [0.5, 0.6) is 0 Å². The average molecular weight is 201 g/mol. The van der Waals surface area contributed by atoms with Crippen LogP contribution in [0.4, 0.5) is 0 Å². The molecule has 1 aromatic heterocycles. The first-order valence-electron chi connectivity index (χ1n) is 5.77. The Kier molecular flexibility index (Phi) is 2.05. The maximum Gasteiger partial charge on any atom is 0.255 e. The lowest BCUT2D eigenvalue weighted by Crippen LogP contribution is -2.16. The van der Waals surface area contributed by atoms with E-state index in [1.54, 1.807) is 6.20 Å². The van der Waals surface area contributed by atoms with Crippen LogP contribution in [0, 0.1) is 0 Å². The van der Waals surface area contributed by atoms with Gasteiger partial charge in [0.1, 0.15) is 0 Å². The summed E-state index contributed by atoms with van der Waals surface area (Å²) in [6.07, 6.45) is 0.0991. The molecular weight excluding hydrogens is 186 g/mol. The fourth-order valence-corrected chi connectivity index (χ4v) is 1.43. The molecule has 2 nitrogen and oxygen atoms in total. The Bertz CT molecular complexity index is 570. The SMILES string of the molecule is [2H]C([2H])(C)c1ccc(=O)n(-c2ccccc2)c1. The maximum atomic E-state index is 11.7. The number of aryl methyl sites for hydroxylation is 1. The van der Waals surface area contributed by atoms with Crippen molar-refractivity contribution in [3.8, 4) is 5.69 Å². The predicted molar refractivity (Wildman–Crippen MR) is 61.4 cm³/mol. The van der Waals surface area contributed by atoms with Crippen molar-refractivity contribution in [1.29, 1.82) is 0 Å². The van der Waals surface area contributed by atoms with E-state index < -0.39 is 6.37 Å². The number of hydrogen-bond acceptors (Lipinski definition) is 1. The van der Waals surface area contributed by atoms with Gasteiger partial charge in [-0.25, -0.2) is 0 Å². The van der Waals surface area contributed by atoms with Gasteiger partial charge in [-0.05, 0) is 24.1 Å². The van der Waals surface area contributed by atoms with Gasteiger partial charge in [0.25, 0.3) is 5.56 Å². The van der Waals surface area contributed by atoms with E-state index in [9.17, 15) is 4.79 Å². The Morgan fingerprint density at radius 2 is 1.93 bits per heavy atom. The second-order valence-electron chi connectivity index (χ2n) is 3.21. The minimum Gasteiger partial charge on any atom is -0.284 e. The topological polar surface area (TPSA) is 22.0 Å². The molecule has 0 aliphatic carbocycles. The molecule has 0 spiro atoms. The monoisotopic (exact) mass is 201 g/mol. The largest absolute Gasteiger partial charge is 0.284 e. The van der Waals surface area contributed by atoms with Crippen molar-refractivity contribution in [3.05, 3.63) is 64.6 Å². The third kappa shape index (κ3) is 1.99. The lowest BCUT2D eigenvalue weighted by Gasteiger charge is -2.06. The van der Waals surface area contributed by atoms with E-state index in [2.05, 4.69) is 0 Å². The van der Waals surface area contributed by atoms with Crippen molar-refractivity contribution < 1.29 is 2.74 Å². The second-order valence-corrected chi connectivity index (χ2v) is 3.21. The van der Waals surface area contributed by atoms with Crippen molar-refractivity contribution in [2.45, 2.75) is 13.3 Å². The van der Waals surface area contributed by atoms with Gasteiger partial charge in [0.2, 0.25) is 0 Å². The highest BCUT2D eigenvalue weighted by Gasteiger charge is 1.99. The van der Waals surface area contributed by atoms with Gasteiger partial charge in [0, 0.05) is 20.7 Å². The number of rotatable bonds is 2. The maximum absolute atomic E-state index is 11.7. The minimum absolute atomic E-state index is 0.163. The minimum atomic E-state index is -1.45. The number of para-hydroxylation sites is 1. The highest BCUT2D eigenvalue weighted by molar-refractivity contribution is 5.32. The van der Waals surface area contributed by atoms with Gasteiger partial charge < -0.3 is 0 Å². The molecule has 0 aliphatic heterocycles. The van der Waals surface area contributed by atoms with Crippen LogP contribution in [0.25, 0.3) is 5.69 Å². The molecule has 0 saturated carbocycles. The van der Waals surface area contributed by atoms with Crippen LogP contribution in [-0.4, -0.2) is 4.57 Å². The molecule has 1 heterocycles. The van der Waals surface area contributed by atoms with Crippen molar-refractivity contribution in [2.24, 2.45) is 0 Å². The summed E-state index contributed by atoms with van der Waals surface area (Å²) in [5, 5.41) is 0. The summed E-state index contributed by atoms with van der Waals surface area (Å²) < 4.78 is 16.8. The fourth-order valence-electron chi connectivity index (χ4n) is 1.43. The number of benzene rings is 1. The normalized spacial score (nSPS) is 13.1. The zero-order valence-corrected chi connectivity index (χ0v) is 8.47. The molecule has 2 rings (SSSR count). The molecule has 0 atom stereocenters. The molecule has 0 amide bonds. The molecule has 0 radical (unpaired) electrons. The summed E-state index contributed by atoms with van der Waals surface area (Å²) in [4.78, 5) is 11.7. The molecule has 76 valence electrons. The zero-order chi connectivity index (χ0) is 12.5. The molecule has 1 aromatic carbocycles. The highest BCUT2D eigenvalue weighted by atomic mass is 16.1. The molecule has 0 aliphatic rings. The molecule has 0 N–H and O–H groups in total. The van der Waals surface area contributed by atoms with E-state index in [4.69, 9.17) is 2.74 Å². The van der Waals surface area contributed by atoms with E-state index in [-0.39, 0.29) is 5.56 Å². The molecule has 2 aromatic rings. The fraction of sp³-hybridized carbons (Fsp3) is 0.154. The lowest BCUT2D eigenvalue weighted by atomic mass is 10.2. The smallest absolute Gasteiger partial charge is 0.255 e. The van der Waals surface area contributed by atoms with Crippen molar-refractivity contribution >= 4 is 0 Å². The van der Waals surface area contributed by atoms with Gasteiger partial charge in [-0.1, -0.05) is 31.2 Å². The summed E-state index contributed by atoms with van der Waals surface area (Å²) in [6, 6.07) is 12.1. The molecule has 2 heteroatoms. The van der Waals surface area contributed by atoms with Gasteiger partial charge in [-0.2, -0.15) is 0 Å². The molecule has 0 bridgehead atoms. The van der Waals surface area contributed by atoms with E-state index in [0.29, 0.717) is 5.56 Å². The molecular formula is C13H13NO. The standard InChI is InChI=1S/C13H13NO/c1-2-11-8-9-13(15)14(10-11)12-6-4-3-5-7-12/h3-10H,2H2,1H3/i2D2. The van der Waals surface area contributed by atoms with Crippen molar-refractivity contribution in [2.75, 3.05) is 0 Å². The van der Waals surface area contributed by atoms with Crippen LogP contribution < -0.4 is 5.56 Å². The van der Waals surface area contributed by atoms with E-state index in [1.807, 2.05) is 30.3 Å². The van der Waals surface area contributed by atoms with Crippen molar-refractivity contribution in [1.82, 2.24) is 4.57 Å². The average Bonchev–Trinajstić information content (AvgIpc) is 2.29. The molecule has 0 unspecified atom stereocenters. The van der Waals surface area contributed by atoms with Crippen LogP contribution in [0.2, 0.25) is 0 Å². The zero-order valence-electron chi connectivity index (χ0n) is 10.5. The third-order valence-corrected chi connectivity index (χ3v) is 2.23. The number of aromatic nitrogens is 1. The summed E-state index contributed by atoms with van der Waals surface area (Å²) in [6.45, 7) is 1.47. The summed E-state index contributed by atoms with van der Waals surface area (Å²) in [5.41, 5.74) is 1.06.